The maximum Gasteiger partial charge on any atom is 0.264 e. The Hall–Kier alpha value is -3.43. The van der Waals surface area contributed by atoms with Gasteiger partial charge in [-0.05, 0) is 60.5 Å². The SMILES string of the molecule is COc1cc(CNC(=O)CN(c2ccc(Cl)cc2C)S(=O)(=O)c2ccccc2)cc(OC)c1OC. The minimum atomic E-state index is -4.02. The lowest BCUT2D eigenvalue weighted by molar-refractivity contribution is -0.119. The predicted octanol–water partition coefficient (Wildman–Crippen LogP) is 4.19. The summed E-state index contributed by atoms with van der Waals surface area (Å²) in [6, 6.07) is 16.2. The molecule has 0 heterocycles. The Bertz CT molecular complexity index is 1270. The molecule has 3 rings (SSSR count). The number of hydrogen-bond donors (Lipinski definition) is 1. The first-order valence-electron chi connectivity index (χ1n) is 10.6. The molecule has 0 saturated carbocycles. The van der Waals surface area contributed by atoms with Crippen LogP contribution in [0.25, 0.3) is 0 Å². The van der Waals surface area contributed by atoms with E-state index in [1.54, 1.807) is 55.5 Å². The number of ether oxygens (including phenoxy) is 3. The van der Waals surface area contributed by atoms with Gasteiger partial charge in [0.1, 0.15) is 6.54 Å². The molecule has 1 N–H and O–H groups in total. The fourth-order valence-electron chi connectivity index (χ4n) is 3.54. The molecule has 0 aliphatic heterocycles. The summed E-state index contributed by atoms with van der Waals surface area (Å²) in [4.78, 5) is 13.0. The molecule has 0 aliphatic rings. The number of carbonyl (C=O) groups excluding carboxylic acids is 1. The lowest BCUT2D eigenvalue weighted by Gasteiger charge is -2.26. The minimum absolute atomic E-state index is 0.0757. The maximum atomic E-state index is 13.5. The molecule has 0 bridgehead atoms. The molecule has 0 atom stereocenters. The van der Waals surface area contributed by atoms with Gasteiger partial charge in [-0.15, -0.1) is 0 Å². The number of benzene rings is 3. The molecule has 0 fully saturated rings. The number of nitrogens with one attached hydrogen (secondary N) is 1. The Balaban J connectivity index is 1.88. The van der Waals surface area contributed by atoms with E-state index in [1.165, 1.54) is 33.5 Å². The van der Waals surface area contributed by atoms with Crippen molar-refractivity contribution in [3.63, 3.8) is 0 Å². The third-order valence-corrected chi connectivity index (χ3v) is 7.27. The van der Waals surface area contributed by atoms with Crippen LogP contribution in [-0.4, -0.2) is 42.2 Å². The number of sulfonamides is 1. The minimum Gasteiger partial charge on any atom is -0.493 e. The first-order valence-corrected chi connectivity index (χ1v) is 12.4. The molecule has 0 spiro atoms. The van der Waals surface area contributed by atoms with Gasteiger partial charge < -0.3 is 19.5 Å². The zero-order valence-electron chi connectivity index (χ0n) is 19.9. The van der Waals surface area contributed by atoms with E-state index in [-0.39, 0.29) is 11.4 Å². The van der Waals surface area contributed by atoms with Crippen LogP contribution >= 0.6 is 11.6 Å². The van der Waals surface area contributed by atoms with Crippen molar-refractivity contribution in [1.82, 2.24) is 5.32 Å². The van der Waals surface area contributed by atoms with Crippen molar-refractivity contribution in [2.75, 3.05) is 32.2 Å². The summed E-state index contributed by atoms with van der Waals surface area (Å²) in [5.41, 5.74) is 1.67. The second-order valence-electron chi connectivity index (χ2n) is 7.57. The summed E-state index contributed by atoms with van der Waals surface area (Å²) in [5, 5.41) is 3.24. The third kappa shape index (κ3) is 5.98. The van der Waals surface area contributed by atoms with Gasteiger partial charge in [-0.3, -0.25) is 9.10 Å². The number of anilines is 1. The van der Waals surface area contributed by atoms with Crippen LogP contribution in [0.15, 0.2) is 65.6 Å². The number of aryl methyl sites for hydroxylation is 1. The highest BCUT2D eigenvalue weighted by atomic mass is 35.5. The van der Waals surface area contributed by atoms with Crippen molar-refractivity contribution in [3.8, 4) is 17.2 Å². The van der Waals surface area contributed by atoms with Crippen molar-refractivity contribution in [3.05, 3.63) is 76.8 Å². The van der Waals surface area contributed by atoms with Crippen LogP contribution in [0.1, 0.15) is 11.1 Å². The molecule has 1 amide bonds. The monoisotopic (exact) mass is 518 g/mol. The summed E-state index contributed by atoms with van der Waals surface area (Å²) in [6.07, 6.45) is 0. The summed E-state index contributed by atoms with van der Waals surface area (Å²) in [7, 11) is 0.478. The lowest BCUT2D eigenvalue weighted by Crippen LogP contribution is -2.41. The molecular weight excluding hydrogens is 492 g/mol. The number of hydrogen-bond acceptors (Lipinski definition) is 6. The Morgan fingerprint density at radius 2 is 1.57 bits per heavy atom. The first kappa shape index (κ1) is 26.2. The van der Waals surface area contributed by atoms with Crippen LogP contribution in [0.3, 0.4) is 0 Å². The van der Waals surface area contributed by atoms with Gasteiger partial charge >= 0.3 is 0 Å². The summed E-state index contributed by atoms with van der Waals surface area (Å²) >= 11 is 6.07. The van der Waals surface area contributed by atoms with Crippen LogP contribution in [0.5, 0.6) is 17.2 Å². The molecule has 0 saturated heterocycles. The van der Waals surface area contributed by atoms with E-state index in [9.17, 15) is 13.2 Å². The highest BCUT2D eigenvalue weighted by molar-refractivity contribution is 7.92. The normalized spacial score (nSPS) is 11.0. The zero-order chi connectivity index (χ0) is 25.6. The van der Waals surface area contributed by atoms with Crippen molar-refractivity contribution in [2.24, 2.45) is 0 Å². The van der Waals surface area contributed by atoms with Gasteiger partial charge in [0, 0.05) is 11.6 Å². The van der Waals surface area contributed by atoms with Gasteiger partial charge in [-0.2, -0.15) is 0 Å². The van der Waals surface area contributed by atoms with Gasteiger partial charge in [-0.1, -0.05) is 29.8 Å². The van der Waals surface area contributed by atoms with Gasteiger partial charge in [0.2, 0.25) is 11.7 Å². The van der Waals surface area contributed by atoms with E-state index in [2.05, 4.69) is 5.32 Å². The Labute approximate surface area is 210 Å². The fourth-order valence-corrected chi connectivity index (χ4v) is 5.28. The first-order chi connectivity index (χ1) is 16.7. The summed E-state index contributed by atoms with van der Waals surface area (Å²) in [6.45, 7) is 1.43. The Kier molecular flexibility index (Phi) is 8.48. The van der Waals surface area contributed by atoms with Gasteiger partial charge in [-0.25, -0.2) is 8.42 Å². The van der Waals surface area contributed by atoms with Crippen molar-refractivity contribution >= 4 is 33.2 Å². The van der Waals surface area contributed by atoms with Crippen molar-refractivity contribution < 1.29 is 27.4 Å². The van der Waals surface area contributed by atoms with Gasteiger partial charge in [0.25, 0.3) is 10.0 Å². The number of amides is 1. The average molecular weight is 519 g/mol. The molecule has 186 valence electrons. The molecule has 0 unspecified atom stereocenters. The molecule has 10 heteroatoms. The van der Waals surface area contributed by atoms with Gasteiger partial charge in [0.05, 0.1) is 31.9 Å². The molecule has 8 nitrogen and oxygen atoms in total. The van der Waals surface area contributed by atoms with Crippen molar-refractivity contribution in [2.45, 2.75) is 18.4 Å². The molecular formula is C25H27ClN2O6S. The summed E-state index contributed by atoms with van der Waals surface area (Å²) in [5.74, 6) is 0.832. The van der Waals surface area contributed by atoms with Crippen LogP contribution in [0.4, 0.5) is 5.69 Å². The smallest absolute Gasteiger partial charge is 0.264 e. The molecule has 3 aromatic rings. The summed E-state index contributed by atoms with van der Waals surface area (Å²) < 4.78 is 44.1. The quantitative estimate of drug-likeness (QED) is 0.432. The number of halogens is 1. The van der Waals surface area contributed by atoms with E-state index in [0.717, 1.165) is 4.31 Å². The van der Waals surface area contributed by atoms with E-state index in [0.29, 0.717) is 39.1 Å². The molecule has 35 heavy (non-hydrogen) atoms. The fraction of sp³-hybridized carbons (Fsp3) is 0.240. The predicted molar refractivity (Wildman–Crippen MR) is 135 cm³/mol. The Morgan fingerprint density at radius 3 is 2.11 bits per heavy atom. The van der Waals surface area contributed by atoms with E-state index < -0.39 is 22.5 Å². The maximum absolute atomic E-state index is 13.5. The lowest BCUT2D eigenvalue weighted by atomic mass is 10.1. The third-order valence-electron chi connectivity index (χ3n) is 5.26. The molecule has 0 aliphatic carbocycles. The highest BCUT2D eigenvalue weighted by Gasteiger charge is 2.28. The average Bonchev–Trinajstić information content (AvgIpc) is 2.86. The van der Waals surface area contributed by atoms with Crippen LogP contribution in [0, 0.1) is 6.92 Å². The highest BCUT2D eigenvalue weighted by Crippen LogP contribution is 2.38. The number of nitrogens with zero attached hydrogens (tertiary/aromatic N) is 1. The Morgan fingerprint density at radius 1 is 0.943 bits per heavy atom. The largest absolute Gasteiger partial charge is 0.493 e. The standard InChI is InChI=1S/C25H27ClN2O6S/c1-17-12-19(26)10-11-21(17)28(35(30,31)20-8-6-5-7-9-20)16-24(29)27-15-18-13-22(32-2)25(34-4)23(14-18)33-3/h5-14H,15-16H2,1-4H3,(H,27,29). The van der Waals surface area contributed by atoms with Gasteiger partial charge in [0.15, 0.2) is 11.5 Å². The second-order valence-corrected chi connectivity index (χ2v) is 9.86. The van der Waals surface area contributed by atoms with Crippen LogP contribution < -0.4 is 23.8 Å². The number of methoxy groups -OCH3 is 3. The number of rotatable bonds is 10. The topological polar surface area (TPSA) is 94.2 Å². The number of carbonyl (C=O) groups is 1. The van der Waals surface area contributed by atoms with E-state index in [4.69, 9.17) is 25.8 Å². The molecule has 0 aromatic heterocycles. The van der Waals surface area contributed by atoms with E-state index in [1.807, 2.05) is 0 Å². The van der Waals surface area contributed by atoms with Crippen LogP contribution in [-0.2, 0) is 21.4 Å². The second kappa shape index (κ2) is 11.3. The zero-order valence-corrected chi connectivity index (χ0v) is 21.4. The van der Waals surface area contributed by atoms with E-state index >= 15 is 0 Å². The molecule has 0 radical (unpaired) electrons. The molecule has 3 aromatic carbocycles. The van der Waals surface area contributed by atoms with Crippen molar-refractivity contribution in [1.29, 1.82) is 0 Å². The van der Waals surface area contributed by atoms with Crippen LogP contribution in [0.2, 0.25) is 5.02 Å².